The lowest BCUT2D eigenvalue weighted by molar-refractivity contribution is 0.303. The maximum Gasteiger partial charge on any atom is 0.123 e. The van der Waals surface area contributed by atoms with Crippen molar-refractivity contribution in [3.8, 4) is 5.75 Å². The molecule has 3 nitrogen and oxygen atoms in total. The molecule has 0 aliphatic carbocycles. The quantitative estimate of drug-likeness (QED) is 0.645. The Morgan fingerprint density at radius 2 is 2.22 bits per heavy atom. The van der Waals surface area contributed by atoms with Crippen LogP contribution >= 0.6 is 0 Å². The topological polar surface area (TPSA) is 48.1 Å². The molecule has 0 atom stereocenters. The number of benzene rings is 1. The number of rotatable bonds is 5. The van der Waals surface area contributed by atoms with E-state index in [1.165, 1.54) is 0 Å². The molecule has 92 valence electrons. The van der Waals surface area contributed by atoms with Crippen LogP contribution in [-0.2, 0) is 13.0 Å². The summed E-state index contributed by atoms with van der Waals surface area (Å²) >= 11 is 0. The molecule has 0 aliphatic heterocycles. The van der Waals surface area contributed by atoms with Gasteiger partial charge in [-0.25, -0.2) is 0 Å². The number of nitrogens with two attached hydrogens (primary N) is 1. The number of allylic oxidation sites excluding steroid dienone is 1. The molecule has 0 fully saturated rings. The number of anilines is 1. The molecular formula is C15H16N2O. The number of hydrogen-bond donors (Lipinski definition) is 1. The largest absolute Gasteiger partial charge is 0.489 e. The van der Waals surface area contributed by atoms with E-state index in [0.717, 1.165) is 29.0 Å². The molecule has 0 saturated heterocycles. The fraction of sp³-hybridized carbons (Fsp3) is 0.133. The highest BCUT2D eigenvalue weighted by Crippen LogP contribution is 2.23. The summed E-state index contributed by atoms with van der Waals surface area (Å²) in [4.78, 5) is 4.05. The van der Waals surface area contributed by atoms with Gasteiger partial charge in [0, 0.05) is 23.6 Å². The summed E-state index contributed by atoms with van der Waals surface area (Å²) in [6.45, 7) is 4.24. The van der Waals surface area contributed by atoms with Crippen molar-refractivity contribution in [2.75, 3.05) is 5.73 Å². The highest BCUT2D eigenvalue weighted by Gasteiger charge is 2.03. The van der Waals surface area contributed by atoms with Gasteiger partial charge in [-0.05, 0) is 36.2 Å². The average Bonchev–Trinajstić information content (AvgIpc) is 2.39. The van der Waals surface area contributed by atoms with Gasteiger partial charge in [0.1, 0.15) is 12.4 Å². The van der Waals surface area contributed by atoms with Crippen LogP contribution in [0.25, 0.3) is 0 Å². The van der Waals surface area contributed by atoms with Gasteiger partial charge in [0.15, 0.2) is 0 Å². The van der Waals surface area contributed by atoms with Gasteiger partial charge in [-0.1, -0.05) is 12.1 Å². The second kappa shape index (κ2) is 5.87. The van der Waals surface area contributed by atoms with E-state index in [1.54, 1.807) is 12.4 Å². The lowest BCUT2D eigenvalue weighted by Crippen LogP contribution is -1.99. The van der Waals surface area contributed by atoms with Gasteiger partial charge in [0.05, 0.1) is 0 Å². The van der Waals surface area contributed by atoms with Crippen molar-refractivity contribution in [2.45, 2.75) is 13.0 Å². The van der Waals surface area contributed by atoms with Crippen molar-refractivity contribution in [1.29, 1.82) is 0 Å². The van der Waals surface area contributed by atoms with Crippen LogP contribution in [0.2, 0.25) is 0 Å². The smallest absolute Gasteiger partial charge is 0.123 e. The van der Waals surface area contributed by atoms with Gasteiger partial charge < -0.3 is 10.5 Å². The monoisotopic (exact) mass is 240 g/mol. The lowest BCUT2D eigenvalue weighted by Gasteiger charge is -2.11. The van der Waals surface area contributed by atoms with Crippen LogP contribution in [0.4, 0.5) is 5.69 Å². The Bertz CT molecular complexity index is 523. The first-order valence-corrected chi connectivity index (χ1v) is 5.80. The Morgan fingerprint density at radius 3 is 2.94 bits per heavy atom. The highest BCUT2D eigenvalue weighted by molar-refractivity contribution is 5.48. The van der Waals surface area contributed by atoms with Gasteiger partial charge in [-0.3, -0.25) is 4.98 Å². The van der Waals surface area contributed by atoms with E-state index in [-0.39, 0.29) is 0 Å². The first kappa shape index (κ1) is 12.2. The van der Waals surface area contributed by atoms with Crippen molar-refractivity contribution >= 4 is 5.69 Å². The van der Waals surface area contributed by atoms with Crippen molar-refractivity contribution < 1.29 is 4.74 Å². The molecule has 0 spiro atoms. The van der Waals surface area contributed by atoms with E-state index in [0.29, 0.717) is 6.61 Å². The van der Waals surface area contributed by atoms with Crippen LogP contribution in [0.3, 0.4) is 0 Å². The van der Waals surface area contributed by atoms with E-state index in [4.69, 9.17) is 10.5 Å². The maximum atomic E-state index is 5.79. The maximum absolute atomic E-state index is 5.79. The van der Waals surface area contributed by atoms with Crippen molar-refractivity contribution in [1.82, 2.24) is 4.98 Å². The van der Waals surface area contributed by atoms with E-state index in [9.17, 15) is 0 Å². The van der Waals surface area contributed by atoms with Gasteiger partial charge >= 0.3 is 0 Å². The van der Waals surface area contributed by atoms with Crippen molar-refractivity contribution in [2.24, 2.45) is 0 Å². The van der Waals surface area contributed by atoms with Gasteiger partial charge in [-0.15, -0.1) is 6.58 Å². The minimum atomic E-state index is 0.502. The summed E-state index contributed by atoms with van der Waals surface area (Å²) in [5, 5.41) is 0. The van der Waals surface area contributed by atoms with Gasteiger partial charge in [0.25, 0.3) is 0 Å². The van der Waals surface area contributed by atoms with Crippen LogP contribution < -0.4 is 10.5 Å². The second-order valence-electron chi connectivity index (χ2n) is 4.01. The van der Waals surface area contributed by atoms with Crippen LogP contribution in [0.15, 0.2) is 55.4 Å². The Hall–Kier alpha value is -2.29. The zero-order valence-electron chi connectivity index (χ0n) is 10.2. The highest BCUT2D eigenvalue weighted by atomic mass is 16.5. The fourth-order valence-electron chi connectivity index (χ4n) is 1.70. The van der Waals surface area contributed by atoms with Crippen LogP contribution in [-0.4, -0.2) is 4.98 Å². The van der Waals surface area contributed by atoms with E-state index in [1.807, 2.05) is 36.4 Å². The third-order valence-electron chi connectivity index (χ3n) is 2.57. The minimum absolute atomic E-state index is 0.502. The molecule has 0 radical (unpaired) electrons. The summed E-state index contributed by atoms with van der Waals surface area (Å²) in [6, 6.07) is 9.53. The fourth-order valence-corrected chi connectivity index (χ4v) is 1.70. The number of ether oxygens (including phenoxy) is 1. The summed E-state index contributed by atoms with van der Waals surface area (Å²) in [5.41, 5.74) is 8.59. The Morgan fingerprint density at radius 1 is 1.33 bits per heavy atom. The number of nitrogen functional groups attached to an aromatic ring is 1. The van der Waals surface area contributed by atoms with Gasteiger partial charge in [-0.2, -0.15) is 0 Å². The molecule has 3 heteroatoms. The van der Waals surface area contributed by atoms with Crippen molar-refractivity contribution in [3.05, 3.63) is 66.5 Å². The molecule has 1 aromatic carbocycles. The normalized spacial score (nSPS) is 10.0. The number of aromatic nitrogens is 1. The molecule has 1 aromatic heterocycles. The summed E-state index contributed by atoms with van der Waals surface area (Å²) < 4.78 is 5.79. The predicted octanol–water partition coefficient (Wildman–Crippen LogP) is 2.97. The van der Waals surface area contributed by atoms with E-state index < -0.39 is 0 Å². The lowest BCUT2D eigenvalue weighted by atomic mass is 10.1. The molecule has 0 saturated carbocycles. The summed E-state index contributed by atoms with van der Waals surface area (Å²) in [5.74, 6) is 0.841. The van der Waals surface area contributed by atoms with Crippen molar-refractivity contribution in [3.63, 3.8) is 0 Å². The predicted molar refractivity (Wildman–Crippen MR) is 73.3 cm³/mol. The summed E-state index contributed by atoms with van der Waals surface area (Å²) in [7, 11) is 0. The molecule has 0 amide bonds. The van der Waals surface area contributed by atoms with E-state index in [2.05, 4.69) is 11.6 Å². The molecule has 2 N–H and O–H groups in total. The standard InChI is InChI=1S/C15H16N2O/c1-2-4-13-9-14(16)6-7-15(13)18-11-12-5-3-8-17-10-12/h2-3,5-10H,1,4,11,16H2. The summed E-state index contributed by atoms with van der Waals surface area (Å²) in [6.07, 6.45) is 6.12. The first-order chi connectivity index (χ1) is 8.79. The SMILES string of the molecule is C=CCc1cc(N)ccc1OCc1cccnc1. The molecular weight excluding hydrogens is 224 g/mol. The molecule has 0 unspecified atom stereocenters. The number of hydrogen-bond acceptors (Lipinski definition) is 3. The third-order valence-corrected chi connectivity index (χ3v) is 2.57. The van der Waals surface area contributed by atoms with Crippen LogP contribution in [0.5, 0.6) is 5.75 Å². The minimum Gasteiger partial charge on any atom is -0.489 e. The molecule has 2 rings (SSSR count). The average molecular weight is 240 g/mol. The van der Waals surface area contributed by atoms with E-state index >= 15 is 0 Å². The molecule has 18 heavy (non-hydrogen) atoms. The first-order valence-electron chi connectivity index (χ1n) is 5.80. The van der Waals surface area contributed by atoms with Crippen LogP contribution in [0.1, 0.15) is 11.1 Å². The zero-order valence-corrected chi connectivity index (χ0v) is 10.2. The molecule has 0 bridgehead atoms. The third kappa shape index (κ3) is 3.10. The Kier molecular flexibility index (Phi) is 3.97. The Labute approximate surface area is 107 Å². The second-order valence-corrected chi connectivity index (χ2v) is 4.01. The number of pyridine rings is 1. The molecule has 2 aromatic rings. The zero-order chi connectivity index (χ0) is 12.8. The van der Waals surface area contributed by atoms with Gasteiger partial charge in [0.2, 0.25) is 0 Å². The number of nitrogens with zero attached hydrogens (tertiary/aromatic N) is 1. The van der Waals surface area contributed by atoms with Crippen LogP contribution in [0, 0.1) is 0 Å². The molecule has 0 aliphatic rings. The Balaban J connectivity index is 2.11. The molecule has 1 heterocycles.